The quantitative estimate of drug-likeness (QED) is 0.678. The molecule has 0 atom stereocenters. The van der Waals surface area contributed by atoms with Crippen molar-refractivity contribution in [2.75, 3.05) is 6.61 Å². The Kier molecular flexibility index (Phi) is 5.54. The van der Waals surface area contributed by atoms with E-state index >= 15 is 0 Å². The van der Waals surface area contributed by atoms with Crippen molar-refractivity contribution in [3.63, 3.8) is 0 Å². The third-order valence-electron chi connectivity index (χ3n) is 3.61. The van der Waals surface area contributed by atoms with Crippen LogP contribution < -0.4 is 5.32 Å². The fourth-order valence-corrected chi connectivity index (χ4v) is 4.89. The zero-order valence-corrected chi connectivity index (χ0v) is 16.8. The number of halogens is 1. The van der Waals surface area contributed by atoms with Gasteiger partial charge in [-0.2, -0.15) is 0 Å². The smallest absolute Gasteiger partial charge is 0.160 e. The molecule has 1 aliphatic heterocycles. The maximum Gasteiger partial charge on any atom is 0.160 e. The lowest BCUT2D eigenvalue weighted by molar-refractivity contribution is 0.203. The van der Waals surface area contributed by atoms with E-state index in [2.05, 4.69) is 61.0 Å². The summed E-state index contributed by atoms with van der Waals surface area (Å²) in [6.07, 6.45) is 2.10. The van der Waals surface area contributed by atoms with E-state index in [1.165, 1.54) is 10.4 Å². The molecule has 0 fully saturated rings. The van der Waals surface area contributed by atoms with Crippen LogP contribution >= 0.6 is 39.2 Å². The van der Waals surface area contributed by atoms with Crippen LogP contribution in [0.4, 0.5) is 0 Å². The van der Waals surface area contributed by atoms with Gasteiger partial charge < -0.3 is 14.7 Å². The summed E-state index contributed by atoms with van der Waals surface area (Å²) >= 11 is 6.93. The predicted octanol–water partition coefficient (Wildman–Crippen LogP) is 4.23. The normalized spacial score (nSPS) is 14.3. The van der Waals surface area contributed by atoms with Crippen LogP contribution in [0, 0.1) is 0 Å². The second-order valence-corrected chi connectivity index (χ2v) is 9.66. The minimum Gasteiger partial charge on any atom is -0.394 e. The van der Waals surface area contributed by atoms with Crippen LogP contribution in [-0.2, 0) is 12.3 Å². The summed E-state index contributed by atoms with van der Waals surface area (Å²) in [7, 11) is 0. The van der Waals surface area contributed by atoms with E-state index in [-0.39, 0.29) is 6.61 Å². The van der Waals surface area contributed by atoms with Gasteiger partial charge >= 0.3 is 0 Å². The number of aliphatic hydroxyl groups excluding tert-OH is 1. The molecule has 0 amide bonds. The van der Waals surface area contributed by atoms with Gasteiger partial charge in [-0.15, -0.1) is 11.3 Å². The molecule has 7 heteroatoms. The zero-order chi connectivity index (χ0) is 17.2. The monoisotopic (exact) mass is 425 g/mol. The number of fused-ring (bicyclic) bond motifs is 1. The number of aliphatic hydroxyl groups is 1. The predicted molar refractivity (Wildman–Crippen MR) is 105 cm³/mol. The molecule has 1 aromatic carbocycles. The van der Waals surface area contributed by atoms with Crippen LogP contribution in [0.3, 0.4) is 0 Å². The molecule has 128 valence electrons. The van der Waals surface area contributed by atoms with Gasteiger partial charge in [0, 0.05) is 12.0 Å². The Morgan fingerprint density at radius 2 is 2.12 bits per heavy atom. The van der Waals surface area contributed by atoms with Crippen LogP contribution in [0.1, 0.15) is 30.0 Å². The van der Waals surface area contributed by atoms with Gasteiger partial charge in [-0.05, 0) is 47.3 Å². The van der Waals surface area contributed by atoms with Crippen molar-refractivity contribution in [2.45, 2.75) is 31.7 Å². The average molecular weight is 426 g/mol. The molecule has 1 aliphatic rings. The number of aromatic nitrogens is 1. The Balaban J connectivity index is 1.78. The molecule has 0 aliphatic carbocycles. The highest BCUT2D eigenvalue weighted by molar-refractivity contribution is 9.11. The molecule has 24 heavy (non-hydrogen) atoms. The van der Waals surface area contributed by atoms with Crippen LogP contribution in [0.15, 0.2) is 40.4 Å². The summed E-state index contributed by atoms with van der Waals surface area (Å²) in [5, 5.41) is 13.0. The Labute approximate surface area is 159 Å². The highest BCUT2D eigenvalue weighted by atomic mass is 79.9. The Morgan fingerprint density at radius 3 is 2.83 bits per heavy atom. The molecular formula is C17H20BrN3OS2. The minimum absolute atomic E-state index is 0.0577. The van der Waals surface area contributed by atoms with Gasteiger partial charge in [-0.25, -0.2) is 4.98 Å². The molecule has 2 N–H and O–H groups in total. The zero-order valence-electron chi connectivity index (χ0n) is 13.6. The van der Waals surface area contributed by atoms with Crippen LogP contribution in [0.25, 0.3) is 5.70 Å². The van der Waals surface area contributed by atoms with E-state index in [9.17, 15) is 5.11 Å². The summed E-state index contributed by atoms with van der Waals surface area (Å²) in [6, 6.07) is 10.5. The molecule has 1 aromatic heterocycles. The molecule has 2 aromatic rings. The summed E-state index contributed by atoms with van der Waals surface area (Å²) in [6.45, 7) is 4.85. The SMILES string of the molecule is CC(C)(CO)NC1=CN(SCc2ccccc2)Cc2sc(Br)nc21. The van der Waals surface area contributed by atoms with Gasteiger partial charge in [0.25, 0.3) is 0 Å². The van der Waals surface area contributed by atoms with E-state index in [1.54, 1.807) is 23.3 Å². The standard InChI is InChI=1S/C17H20BrN3OS2/c1-17(2,11-22)20-13-8-21(9-14-15(13)19-16(18)24-14)23-10-12-6-4-3-5-7-12/h3-8,20,22H,9-11H2,1-2H3. The molecule has 0 bridgehead atoms. The average Bonchev–Trinajstić information content (AvgIpc) is 2.94. The first kappa shape index (κ1) is 17.8. The first-order valence-corrected chi connectivity index (χ1v) is 10.2. The molecule has 0 saturated heterocycles. The largest absolute Gasteiger partial charge is 0.394 e. The first-order valence-electron chi connectivity index (χ1n) is 7.67. The summed E-state index contributed by atoms with van der Waals surface area (Å²) in [5.74, 6) is 0.920. The maximum absolute atomic E-state index is 9.56. The molecule has 0 spiro atoms. The van der Waals surface area contributed by atoms with Gasteiger partial charge in [-0.1, -0.05) is 30.3 Å². The van der Waals surface area contributed by atoms with Crippen molar-refractivity contribution in [1.82, 2.24) is 14.6 Å². The number of hydrogen-bond donors (Lipinski definition) is 2. The lowest BCUT2D eigenvalue weighted by Crippen LogP contribution is -2.42. The number of thiazole rings is 1. The minimum atomic E-state index is -0.397. The first-order chi connectivity index (χ1) is 11.5. The van der Waals surface area contributed by atoms with Crippen LogP contribution in [0.5, 0.6) is 0 Å². The lowest BCUT2D eigenvalue weighted by atomic mass is 10.1. The van der Waals surface area contributed by atoms with Gasteiger partial charge in [0.2, 0.25) is 0 Å². The van der Waals surface area contributed by atoms with Crippen molar-refractivity contribution in [3.05, 3.63) is 56.6 Å². The number of rotatable bonds is 6. The van der Waals surface area contributed by atoms with E-state index in [1.807, 2.05) is 19.9 Å². The molecule has 2 heterocycles. The molecule has 0 unspecified atom stereocenters. The summed E-state index contributed by atoms with van der Waals surface area (Å²) in [5.41, 5.74) is 2.84. The third kappa shape index (κ3) is 4.33. The Bertz CT molecular complexity index is 731. The number of nitrogens with zero attached hydrogens (tertiary/aromatic N) is 2. The van der Waals surface area contributed by atoms with Gasteiger partial charge in [-0.3, -0.25) is 0 Å². The molecular weight excluding hydrogens is 406 g/mol. The highest BCUT2D eigenvalue weighted by Crippen LogP contribution is 2.36. The van der Waals surface area contributed by atoms with Crippen LogP contribution in [-0.4, -0.2) is 26.5 Å². The fraction of sp³-hybridized carbons (Fsp3) is 0.353. The molecule has 0 radical (unpaired) electrons. The third-order valence-corrected chi connectivity index (χ3v) is 6.13. The number of nitrogens with one attached hydrogen (secondary N) is 1. The molecule has 4 nitrogen and oxygen atoms in total. The van der Waals surface area contributed by atoms with Gasteiger partial charge in [0.05, 0.1) is 29.3 Å². The van der Waals surface area contributed by atoms with Crippen molar-refractivity contribution in [2.24, 2.45) is 0 Å². The topological polar surface area (TPSA) is 48.4 Å². The maximum atomic E-state index is 9.56. The van der Waals surface area contributed by atoms with Crippen molar-refractivity contribution >= 4 is 44.9 Å². The number of hydrogen-bond acceptors (Lipinski definition) is 6. The molecule has 0 saturated carbocycles. The second kappa shape index (κ2) is 7.47. The Hall–Kier alpha value is -1.02. The van der Waals surface area contributed by atoms with Gasteiger partial charge in [0.15, 0.2) is 3.92 Å². The highest BCUT2D eigenvalue weighted by Gasteiger charge is 2.26. The van der Waals surface area contributed by atoms with Crippen molar-refractivity contribution in [1.29, 1.82) is 0 Å². The van der Waals surface area contributed by atoms with Crippen molar-refractivity contribution < 1.29 is 5.11 Å². The fourth-order valence-electron chi connectivity index (χ4n) is 2.34. The lowest BCUT2D eigenvalue weighted by Gasteiger charge is -2.31. The number of benzene rings is 1. The van der Waals surface area contributed by atoms with E-state index in [4.69, 9.17) is 0 Å². The van der Waals surface area contributed by atoms with Gasteiger partial charge in [0.1, 0.15) is 5.69 Å². The second-order valence-electron chi connectivity index (χ2n) is 6.28. The van der Waals surface area contributed by atoms with E-state index < -0.39 is 5.54 Å². The van der Waals surface area contributed by atoms with Crippen LogP contribution in [0.2, 0.25) is 0 Å². The summed E-state index contributed by atoms with van der Waals surface area (Å²) < 4.78 is 3.12. The summed E-state index contributed by atoms with van der Waals surface area (Å²) in [4.78, 5) is 5.81. The van der Waals surface area contributed by atoms with E-state index in [0.717, 1.165) is 27.6 Å². The van der Waals surface area contributed by atoms with Crippen molar-refractivity contribution in [3.8, 4) is 0 Å². The molecule has 3 rings (SSSR count). The van der Waals surface area contributed by atoms with E-state index in [0.29, 0.717) is 0 Å². The Morgan fingerprint density at radius 1 is 1.38 bits per heavy atom.